The van der Waals surface area contributed by atoms with Crippen LogP contribution in [0.4, 0.5) is 11.4 Å². The number of benzene rings is 1. The van der Waals surface area contributed by atoms with E-state index in [1.54, 1.807) is 31.2 Å². The second-order valence-corrected chi connectivity index (χ2v) is 4.78. The third-order valence-corrected chi connectivity index (χ3v) is 3.20. The summed E-state index contributed by atoms with van der Waals surface area (Å²) in [5.41, 5.74) is 7.09. The van der Waals surface area contributed by atoms with Crippen molar-refractivity contribution in [3.05, 3.63) is 24.3 Å². The number of ether oxygens (including phenoxy) is 1. The van der Waals surface area contributed by atoms with Crippen LogP contribution in [-0.4, -0.2) is 31.1 Å². The van der Waals surface area contributed by atoms with Crippen LogP contribution < -0.4 is 16.4 Å². The predicted molar refractivity (Wildman–Crippen MR) is 76.3 cm³/mol. The topological polar surface area (TPSA) is 93.5 Å². The van der Waals surface area contributed by atoms with Crippen LogP contribution in [0.25, 0.3) is 0 Å². The monoisotopic (exact) mass is 277 g/mol. The second kappa shape index (κ2) is 6.49. The highest BCUT2D eigenvalue weighted by atomic mass is 16.5. The first-order valence-corrected chi connectivity index (χ1v) is 6.64. The first-order valence-electron chi connectivity index (χ1n) is 6.64. The SMILES string of the molecule is CCC(=O)Nc1cccc(NC(=O)C2COCC2N)c1. The Morgan fingerprint density at radius 2 is 2.00 bits per heavy atom. The fourth-order valence-electron chi connectivity index (χ4n) is 2.00. The molecule has 2 rings (SSSR count). The first-order chi connectivity index (χ1) is 9.60. The fraction of sp³-hybridized carbons (Fsp3) is 0.429. The van der Waals surface area contributed by atoms with E-state index in [-0.39, 0.29) is 23.8 Å². The highest BCUT2D eigenvalue weighted by Gasteiger charge is 2.31. The molecule has 0 aliphatic carbocycles. The van der Waals surface area contributed by atoms with Crippen LogP contribution in [0.1, 0.15) is 13.3 Å². The zero-order valence-electron chi connectivity index (χ0n) is 11.4. The van der Waals surface area contributed by atoms with Gasteiger partial charge in [0.15, 0.2) is 0 Å². The van der Waals surface area contributed by atoms with Gasteiger partial charge in [-0.3, -0.25) is 9.59 Å². The maximum Gasteiger partial charge on any atom is 0.231 e. The van der Waals surface area contributed by atoms with Crippen molar-refractivity contribution >= 4 is 23.2 Å². The minimum Gasteiger partial charge on any atom is -0.379 e. The molecular weight excluding hydrogens is 258 g/mol. The molecule has 1 fully saturated rings. The molecule has 1 heterocycles. The van der Waals surface area contributed by atoms with Crippen LogP contribution in [0.2, 0.25) is 0 Å². The van der Waals surface area contributed by atoms with Gasteiger partial charge in [0, 0.05) is 23.8 Å². The summed E-state index contributed by atoms with van der Waals surface area (Å²) in [6.45, 7) is 2.53. The molecule has 2 unspecified atom stereocenters. The Hall–Kier alpha value is -1.92. The van der Waals surface area contributed by atoms with Crippen LogP contribution in [0.15, 0.2) is 24.3 Å². The second-order valence-electron chi connectivity index (χ2n) is 4.78. The molecule has 1 aromatic rings. The normalized spacial score (nSPS) is 21.5. The molecular formula is C14H19N3O3. The molecule has 2 amide bonds. The zero-order chi connectivity index (χ0) is 14.5. The van der Waals surface area contributed by atoms with Crippen LogP contribution in [0.5, 0.6) is 0 Å². The summed E-state index contributed by atoms with van der Waals surface area (Å²) in [6.07, 6.45) is 0.408. The van der Waals surface area contributed by atoms with Crippen molar-refractivity contribution < 1.29 is 14.3 Å². The van der Waals surface area contributed by atoms with E-state index >= 15 is 0 Å². The predicted octanol–water partition coefficient (Wildman–Crippen LogP) is 0.947. The van der Waals surface area contributed by atoms with Crippen molar-refractivity contribution in [3.63, 3.8) is 0 Å². The summed E-state index contributed by atoms with van der Waals surface area (Å²) in [5.74, 6) is -0.558. The van der Waals surface area contributed by atoms with Crippen molar-refractivity contribution in [2.45, 2.75) is 19.4 Å². The van der Waals surface area contributed by atoms with Gasteiger partial charge in [-0.15, -0.1) is 0 Å². The number of rotatable bonds is 4. The summed E-state index contributed by atoms with van der Waals surface area (Å²) in [4.78, 5) is 23.4. The van der Waals surface area contributed by atoms with E-state index in [1.807, 2.05) is 0 Å². The molecule has 0 radical (unpaired) electrons. The minimum absolute atomic E-state index is 0.0697. The number of carbonyl (C=O) groups excluding carboxylic acids is 2. The maximum atomic E-state index is 12.1. The Morgan fingerprint density at radius 3 is 2.60 bits per heavy atom. The standard InChI is InChI=1S/C14H19N3O3/c1-2-13(18)16-9-4-3-5-10(6-9)17-14(19)11-7-20-8-12(11)15/h3-6,11-12H,2,7-8,15H2,1H3,(H,16,18)(H,17,19). The number of nitrogens with one attached hydrogen (secondary N) is 2. The van der Waals surface area contributed by atoms with Crippen molar-refractivity contribution in [1.82, 2.24) is 0 Å². The molecule has 1 aliphatic rings. The third kappa shape index (κ3) is 3.55. The van der Waals surface area contributed by atoms with Crippen LogP contribution in [0, 0.1) is 5.92 Å². The summed E-state index contributed by atoms with van der Waals surface area (Å²) in [6, 6.07) is 6.76. The number of hydrogen-bond donors (Lipinski definition) is 3. The molecule has 1 aromatic carbocycles. The van der Waals surface area contributed by atoms with Gasteiger partial charge in [-0.1, -0.05) is 13.0 Å². The van der Waals surface area contributed by atoms with Gasteiger partial charge in [-0.05, 0) is 18.2 Å². The summed E-state index contributed by atoms with van der Waals surface area (Å²) in [5, 5.41) is 5.54. The maximum absolute atomic E-state index is 12.1. The number of amides is 2. The smallest absolute Gasteiger partial charge is 0.231 e. The lowest BCUT2D eigenvalue weighted by Crippen LogP contribution is -2.37. The molecule has 6 heteroatoms. The molecule has 4 N–H and O–H groups in total. The lowest BCUT2D eigenvalue weighted by atomic mass is 10.0. The lowest BCUT2D eigenvalue weighted by molar-refractivity contribution is -0.120. The van der Waals surface area contributed by atoms with E-state index in [2.05, 4.69) is 10.6 Å². The molecule has 1 saturated heterocycles. The molecule has 6 nitrogen and oxygen atoms in total. The first kappa shape index (κ1) is 14.5. The van der Waals surface area contributed by atoms with Crippen molar-refractivity contribution in [2.24, 2.45) is 11.7 Å². The molecule has 108 valence electrons. The average molecular weight is 277 g/mol. The minimum atomic E-state index is -0.330. The Kier molecular flexibility index (Phi) is 4.70. The molecule has 2 atom stereocenters. The molecule has 1 aliphatic heterocycles. The van der Waals surface area contributed by atoms with Crippen LogP contribution >= 0.6 is 0 Å². The number of hydrogen-bond acceptors (Lipinski definition) is 4. The van der Waals surface area contributed by atoms with Gasteiger partial charge in [0.25, 0.3) is 0 Å². The Balaban J connectivity index is 2.00. The van der Waals surface area contributed by atoms with E-state index < -0.39 is 0 Å². The number of anilines is 2. The van der Waals surface area contributed by atoms with Gasteiger partial charge >= 0.3 is 0 Å². The van der Waals surface area contributed by atoms with Crippen LogP contribution in [-0.2, 0) is 14.3 Å². The third-order valence-electron chi connectivity index (χ3n) is 3.20. The van der Waals surface area contributed by atoms with E-state index in [9.17, 15) is 9.59 Å². The number of nitrogens with two attached hydrogens (primary N) is 1. The molecule has 0 aromatic heterocycles. The van der Waals surface area contributed by atoms with E-state index in [0.717, 1.165) is 0 Å². The Morgan fingerprint density at radius 1 is 1.30 bits per heavy atom. The molecule has 0 saturated carbocycles. The summed E-state index contributed by atoms with van der Waals surface area (Å²) < 4.78 is 5.18. The van der Waals surface area contributed by atoms with E-state index in [4.69, 9.17) is 10.5 Å². The zero-order valence-corrected chi connectivity index (χ0v) is 11.4. The average Bonchev–Trinajstić information content (AvgIpc) is 2.85. The highest BCUT2D eigenvalue weighted by molar-refractivity contribution is 5.95. The summed E-state index contributed by atoms with van der Waals surface area (Å²) >= 11 is 0. The molecule has 0 bridgehead atoms. The largest absolute Gasteiger partial charge is 0.379 e. The van der Waals surface area contributed by atoms with Crippen LogP contribution in [0.3, 0.4) is 0 Å². The van der Waals surface area contributed by atoms with Crippen molar-refractivity contribution in [1.29, 1.82) is 0 Å². The van der Waals surface area contributed by atoms with Gasteiger partial charge in [0.2, 0.25) is 11.8 Å². The van der Waals surface area contributed by atoms with E-state index in [1.165, 1.54) is 0 Å². The van der Waals surface area contributed by atoms with Crippen molar-refractivity contribution in [2.75, 3.05) is 23.8 Å². The molecule has 20 heavy (non-hydrogen) atoms. The quantitative estimate of drug-likeness (QED) is 0.763. The van der Waals surface area contributed by atoms with Gasteiger partial charge in [-0.25, -0.2) is 0 Å². The highest BCUT2D eigenvalue weighted by Crippen LogP contribution is 2.18. The number of carbonyl (C=O) groups is 2. The van der Waals surface area contributed by atoms with Gasteiger partial charge in [-0.2, -0.15) is 0 Å². The van der Waals surface area contributed by atoms with Gasteiger partial charge in [0.1, 0.15) is 0 Å². The molecule has 0 spiro atoms. The van der Waals surface area contributed by atoms with E-state index in [0.29, 0.717) is 31.0 Å². The van der Waals surface area contributed by atoms with Crippen molar-refractivity contribution in [3.8, 4) is 0 Å². The Labute approximate surface area is 117 Å². The summed E-state index contributed by atoms with van der Waals surface area (Å²) in [7, 11) is 0. The van der Waals surface area contributed by atoms with Gasteiger partial charge < -0.3 is 21.1 Å². The lowest BCUT2D eigenvalue weighted by Gasteiger charge is -2.14. The fourth-order valence-corrected chi connectivity index (χ4v) is 2.00. The Bertz CT molecular complexity index is 504. The van der Waals surface area contributed by atoms with Gasteiger partial charge in [0.05, 0.1) is 19.1 Å².